The fourth-order valence-electron chi connectivity index (χ4n) is 2.84. The van der Waals surface area contributed by atoms with E-state index in [1.165, 1.54) is 20.1 Å². The van der Waals surface area contributed by atoms with Gasteiger partial charge in [0.1, 0.15) is 5.76 Å². The Balaban J connectivity index is 2.30. The third-order valence-electron chi connectivity index (χ3n) is 3.73. The number of carbonyl (C=O) groups excluding carboxylic acids is 2. The Morgan fingerprint density at radius 3 is 2.81 bits per heavy atom. The molecule has 2 aromatic heterocycles. The SMILES string of the molecule is COC1=CC(=O)OC1c1c(C)c2ccccn2c1C(C)=O. The summed E-state index contributed by atoms with van der Waals surface area (Å²) in [6, 6.07) is 5.69. The van der Waals surface area contributed by atoms with Crippen LogP contribution in [0.15, 0.2) is 36.2 Å². The van der Waals surface area contributed by atoms with Gasteiger partial charge < -0.3 is 13.9 Å². The van der Waals surface area contributed by atoms with Gasteiger partial charge >= 0.3 is 5.97 Å². The molecule has 0 N–H and O–H groups in total. The highest BCUT2D eigenvalue weighted by atomic mass is 16.6. The molecule has 1 aliphatic rings. The van der Waals surface area contributed by atoms with Gasteiger partial charge in [-0.25, -0.2) is 4.79 Å². The number of ketones is 1. The van der Waals surface area contributed by atoms with Gasteiger partial charge in [0.25, 0.3) is 0 Å². The minimum absolute atomic E-state index is 0.0855. The Labute approximate surface area is 121 Å². The lowest BCUT2D eigenvalue weighted by Crippen LogP contribution is -2.10. The van der Waals surface area contributed by atoms with Crippen LogP contribution in [-0.2, 0) is 14.3 Å². The first-order valence-electron chi connectivity index (χ1n) is 6.61. The molecule has 0 aromatic carbocycles. The van der Waals surface area contributed by atoms with Crippen molar-refractivity contribution in [2.24, 2.45) is 0 Å². The largest absolute Gasteiger partial charge is 0.496 e. The van der Waals surface area contributed by atoms with Crippen LogP contribution in [0, 0.1) is 6.92 Å². The number of cyclic esters (lactones) is 1. The van der Waals surface area contributed by atoms with E-state index in [0.29, 0.717) is 17.0 Å². The molecule has 1 atom stereocenters. The Morgan fingerprint density at radius 1 is 1.38 bits per heavy atom. The quantitative estimate of drug-likeness (QED) is 0.642. The van der Waals surface area contributed by atoms with E-state index in [0.717, 1.165) is 11.1 Å². The molecule has 0 fully saturated rings. The molecule has 1 unspecified atom stereocenters. The highest BCUT2D eigenvalue weighted by Gasteiger charge is 2.35. The number of ether oxygens (including phenoxy) is 2. The third kappa shape index (κ3) is 1.93. The van der Waals surface area contributed by atoms with E-state index in [4.69, 9.17) is 9.47 Å². The smallest absolute Gasteiger partial charge is 0.335 e. The van der Waals surface area contributed by atoms with Gasteiger partial charge in [-0.1, -0.05) is 6.07 Å². The zero-order chi connectivity index (χ0) is 15.1. The van der Waals surface area contributed by atoms with Crippen molar-refractivity contribution in [1.29, 1.82) is 0 Å². The maximum atomic E-state index is 12.1. The number of nitrogens with zero attached hydrogens (tertiary/aromatic N) is 1. The molecule has 0 saturated heterocycles. The predicted molar refractivity (Wildman–Crippen MR) is 76.1 cm³/mol. The molecule has 5 heteroatoms. The molecular formula is C16H15NO4. The van der Waals surface area contributed by atoms with Gasteiger partial charge in [-0.15, -0.1) is 0 Å². The molecule has 108 valence electrons. The molecule has 3 rings (SSSR count). The summed E-state index contributed by atoms with van der Waals surface area (Å²) < 4.78 is 12.4. The van der Waals surface area contributed by atoms with E-state index >= 15 is 0 Å². The average molecular weight is 285 g/mol. The minimum atomic E-state index is -0.665. The number of hydrogen-bond acceptors (Lipinski definition) is 4. The fourth-order valence-corrected chi connectivity index (χ4v) is 2.84. The van der Waals surface area contributed by atoms with Crippen molar-refractivity contribution in [1.82, 2.24) is 4.40 Å². The van der Waals surface area contributed by atoms with Gasteiger partial charge in [0.2, 0.25) is 0 Å². The Morgan fingerprint density at radius 2 is 2.14 bits per heavy atom. The predicted octanol–water partition coefficient (Wildman–Crippen LogP) is 2.58. The molecule has 0 spiro atoms. The van der Waals surface area contributed by atoms with Crippen molar-refractivity contribution < 1.29 is 19.1 Å². The van der Waals surface area contributed by atoms with Crippen LogP contribution in [0.4, 0.5) is 0 Å². The highest BCUT2D eigenvalue weighted by Crippen LogP contribution is 2.38. The summed E-state index contributed by atoms with van der Waals surface area (Å²) in [6.45, 7) is 3.42. The summed E-state index contributed by atoms with van der Waals surface area (Å²) in [4.78, 5) is 23.6. The van der Waals surface area contributed by atoms with E-state index in [1.54, 1.807) is 0 Å². The van der Waals surface area contributed by atoms with Gasteiger partial charge in [-0.2, -0.15) is 0 Å². The van der Waals surface area contributed by atoms with Crippen LogP contribution in [-0.4, -0.2) is 23.3 Å². The summed E-state index contributed by atoms with van der Waals surface area (Å²) in [5, 5.41) is 0. The zero-order valence-corrected chi connectivity index (χ0v) is 12.0. The molecular weight excluding hydrogens is 270 g/mol. The molecule has 0 amide bonds. The number of aromatic nitrogens is 1. The first kappa shape index (κ1) is 13.4. The number of aryl methyl sites for hydroxylation is 1. The van der Waals surface area contributed by atoms with Crippen LogP contribution in [0.3, 0.4) is 0 Å². The molecule has 1 aliphatic heterocycles. The van der Waals surface area contributed by atoms with E-state index in [9.17, 15) is 9.59 Å². The molecule has 3 heterocycles. The summed E-state index contributed by atoms with van der Waals surface area (Å²) in [5.74, 6) is -0.125. The van der Waals surface area contributed by atoms with E-state index in [-0.39, 0.29) is 5.78 Å². The molecule has 0 radical (unpaired) electrons. The van der Waals surface area contributed by atoms with Gasteiger partial charge in [0, 0.05) is 24.2 Å². The molecule has 0 saturated carbocycles. The van der Waals surface area contributed by atoms with E-state index in [2.05, 4.69) is 0 Å². The maximum absolute atomic E-state index is 12.1. The minimum Gasteiger partial charge on any atom is -0.496 e. The van der Waals surface area contributed by atoms with Gasteiger partial charge in [-0.3, -0.25) is 4.79 Å². The average Bonchev–Trinajstić information content (AvgIpc) is 2.97. The van der Waals surface area contributed by atoms with E-state index in [1.807, 2.05) is 35.7 Å². The lowest BCUT2D eigenvalue weighted by Gasteiger charge is -2.15. The molecule has 21 heavy (non-hydrogen) atoms. The van der Waals surface area contributed by atoms with Crippen LogP contribution in [0.5, 0.6) is 0 Å². The number of methoxy groups -OCH3 is 1. The first-order chi connectivity index (χ1) is 10.0. The van der Waals surface area contributed by atoms with Crippen molar-refractivity contribution in [3.8, 4) is 0 Å². The second-order valence-corrected chi connectivity index (χ2v) is 4.97. The number of rotatable bonds is 3. The van der Waals surface area contributed by atoms with E-state index < -0.39 is 12.1 Å². The Kier molecular flexibility index (Phi) is 3.05. The summed E-state index contributed by atoms with van der Waals surface area (Å²) in [6.07, 6.45) is 2.48. The number of hydrogen-bond donors (Lipinski definition) is 0. The van der Waals surface area contributed by atoms with Crippen LogP contribution in [0.2, 0.25) is 0 Å². The van der Waals surface area contributed by atoms with Crippen molar-refractivity contribution in [2.45, 2.75) is 20.0 Å². The number of Topliss-reactive ketones (excluding diaryl/α,β-unsaturated/α-hetero) is 1. The maximum Gasteiger partial charge on any atom is 0.335 e. The highest BCUT2D eigenvalue weighted by molar-refractivity contribution is 5.97. The molecule has 0 aliphatic carbocycles. The zero-order valence-electron chi connectivity index (χ0n) is 12.0. The van der Waals surface area contributed by atoms with Gasteiger partial charge in [0.15, 0.2) is 11.9 Å². The van der Waals surface area contributed by atoms with Crippen LogP contribution in [0.1, 0.15) is 34.6 Å². The third-order valence-corrected chi connectivity index (χ3v) is 3.73. The number of fused-ring (bicyclic) bond motifs is 1. The van der Waals surface area contributed by atoms with Gasteiger partial charge in [0.05, 0.1) is 18.9 Å². The number of carbonyl (C=O) groups is 2. The molecule has 5 nitrogen and oxygen atoms in total. The Hall–Kier alpha value is -2.56. The lowest BCUT2D eigenvalue weighted by atomic mass is 10.0. The topological polar surface area (TPSA) is 57.0 Å². The normalized spacial score (nSPS) is 17.8. The second kappa shape index (κ2) is 4.77. The summed E-state index contributed by atoms with van der Waals surface area (Å²) >= 11 is 0. The van der Waals surface area contributed by atoms with Gasteiger partial charge in [-0.05, 0) is 24.6 Å². The van der Waals surface area contributed by atoms with Crippen molar-refractivity contribution in [2.75, 3.05) is 7.11 Å². The monoisotopic (exact) mass is 285 g/mol. The molecule has 0 bridgehead atoms. The van der Waals surface area contributed by atoms with Crippen molar-refractivity contribution in [3.63, 3.8) is 0 Å². The second-order valence-electron chi connectivity index (χ2n) is 4.97. The van der Waals surface area contributed by atoms with Crippen molar-refractivity contribution in [3.05, 3.63) is 53.1 Å². The number of esters is 1. The summed E-state index contributed by atoms with van der Waals surface area (Å²) in [7, 11) is 1.49. The first-order valence-corrected chi connectivity index (χ1v) is 6.61. The van der Waals surface area contributed by atoms with Crippen LogP contribution >= 0.6 is 0 Å². The number of pyridine rings is 1. The van der Waals surface area contributed by atoms with Crippen molar-refractivity contribution >= 4 is 17.3 Å². The standard InChI is InChI=1S/C16H15NO4/c1-9-11-6-4-5-7-17(11)15(10(2)18)14(9)16-12(20-3)8-13(19)21-16/h4-8,16H,1-3H3. The molecule has 2 aromatic rings. The Bertz CT molecular complexity index is 785. The fraction of sp³-hybridized carbons (Fsp3) is 0.250. The lowest BCUT2D eigenvalue weighted by molar-refractivity contribution is -0.139. The van der Waals surface area contributed by atoms with Crippen LogP contribution in [0.25, 0.3) is 5.52 Å². The summed E-state index contributed by atoms with van der Waals surface area (Å²) in [5.41, 5.74) is 3.03. The van der Waals surface area contributed by atoms with Crippen LogP contribution < -0.4 is 0 Å².